The minimum Gasteiger partial charge on any atom is -0.478 e. The standard InChI is InChI=1S/C12H10N2O3/c1-8-3-4-9(11(15)16)10(7-8)17-12-13-5-2-6-14-12/h2-7H,1H3,(H,15,16). The molecule has 1 aromatic heterocycles. The van der Waals surface area contributed by atoms with Gasteiger partial charge in [0.2, 0.25) is 0 Å². The largest absolute Gasteiger partial charge is 0.478 e. The van der Waals surface area contributed by atoms with Crippen molar-refractivity contribution in [2.24, 2.45) is 0 Å². The predicted octanol–water partition coefficient (Wildman–Crippen LogP) is 2.28. The van der Waals surface area contributed by atoms with Crippen LogP contribution in [0.2, 0.25) is 0 Å². The molecule has 0 atom stereocenters. The summed E-state index contributed by atoms with van der Waals surface area (Å²) < 4.78 is 5.35. The lowest BCUT2D eigenvalue weighted by Gasteiger charge is -2.07. The van der Waals surface area contributed by atoms with Crippen LogP contribution in [-0.4, -0.2) is 21.0 Å². The summed E-state index contributed by atoms with van der Waals surface area (Å²) in [6.45, 7) is 1.85. The van der Waals surface area contributed by atoms with Crippen LogP contribution in [-0.2, 0) is 0 Å². The Morgan fingerprint density at radius 3 is 2.65 bits per heavy atom. The average Bonchev–Trinajstić information content (AvgIpc) is 2.30. The number of carbonyl (C=O) groups is 1. The highest BCUT2D eigenvalue weighted by Gasteiger charge is 2.12. The van der Waals surface area contributed by atoms with Crippen LogP contribution in [0.25, 0.3) is 0 Å². The normalized spacial score (nSPS) is 9.94. The molecule has 0 radical (unpaired) electrons. The van der Waals surface area contributed by atoms with Gasteiger partial charge in [0.15, 0.2) is 0 Å². The Kier molecular flexibility index (Phi) is 3.00. The number of benzene rings is 1. The van der Waals surface area contributed by atoms with Crippen LogP contribution in [0.15, 0.2) is 36.7 Å². The maximum absolute atomic E-state index is 11.0. The number of carboxylic acid groups (broad SMARTS) is 1. The molecule has 0 saturated heterocycles. The number of hydrogen-bond acceptors (Lipinski definition) is 4. The van der Waals surface area contributed by atoms with Crippen LogP contribution < -0.4 is 4.74 Å². The maximum Gasteiger partial charge on any atom is 0.339 e. The fraction of sp³-hybridized carbons (Fsp3) is 0.0833. The van der Waals surface area contributed by atoms with E-state index in [0.717, 1.165) is 5.56 Å². The summed E-state index contributed by atoms with van der Waals surface area (Å²) >= 11 is 0. The lowest BCUT2D eigenvalue weighted by Crippen LogP contribution is -2.01. The summed E-state index contributed by atoms with van der Waals surface area (Å²) in [6, 6.07) is 6.62. The molecule has 0 spiro atoms. The molecule has 0 aliphatic heterocycles. The first-order valence-electron chi connectivity index (χ1n) is 4.95. The molecule has 0 amide bonds. The van der Waals surface area contributed by atoms with Gasteiger partial charge in [0.1, 0.15) is 11.3 Å². The Morgan fingerprint density at radius 1 is 1.29 bits per heavy atom. The summed E-state index contributed by atoms with van der Waals surface area (Å²) in [4.78, 5) is 18.8. The lowest BCUT2D eigenvalue weighted by molar-refractivity contribution is 0.0694. The molecule has 5 nitrogen and oxygen atoms in total. The van der Waals surface area contributed by atoms with E-state index in [1.54, 1.807) is 18.2 Å². The number of ether oxygens (including phenoxy) is 1. The molecular formula is C12H10N2O3. The third-order valence-electron chi connectivity index (χ3n) is 2.11. The molecule has 17 heavy (non-hydrogen) atoms. The van der Waals surface area contributed by atoms with Gasteiger partial charge in [-0.15, -0.1) is 0 Å². The predicted molar refractivity (Wildman–Crippen MR) is 60.2 cm³/mol. The zero-order valence-corrected chi connectivity index (χ0v) is 9.12. The Bertz CT molecular complexity index is 541. The van der Waals surface area contributed by atoms with Crippen molar-refractivity contribution < 1.29 is 14.6 Å². The fourth-order valence-electron chi connectivity index (χ4n) is 1.33. The molecule has 0 aliphatic carbocycles. The van der Waals surface area contributed by atoms with E-state index in [9.17, 15) is 4.79 Å². The van der Waals surface area contributed by atoms with Gasteiger partial charge in [0.05, 0.1) is 0 Å². The second-order valence-corrected chi connectivity index (χ2v) is 3.44. The third-order valence-corrected chi connectivity index (χ3v) is 2.11. The molecule has 86 valence electrons. The van der Waals surface area contributed by atoms with E-state index >= 15 is 0 Å². The van der Waals surface area contributed by atoms with Crippen molar-refractivity contribution in [2.75, 3.05) is 0 Å². The number of carboxylic acids is 1. The minimum atomic E-state index is -1.05. The molecule has 1 aromatic carbocycles. The molecule has 2 rings (SSSR count). The smallest absolute Gasteiger partial charge is 0.339 e. The number of aromatic carboxylic acids is 1. The fourth-order valence-corrected chi connectivity index (χ4v) is 1.33. The highest BCUT2D eigenvalue weighted by Crippen LogP contribution is 2.24. The van der Waals surface area contributed by atoms with Crippen molar-refractivity contribution in [2.45, 2.75) is 6.92 Å². The van der Waals surface area contributed by atoms with Crippen molar-refractivity contribution >= 4 is 5.97 Å². The highest BCUT2D eigenvalue weighted by atomic mass is 16.5. The summed E-state index contributed by atoms with van der Waals surface area (Å²) in [5.74, 6) is -0.806. The quantitative estimate of drug-likeness (QED) is 0.875. The zero-order chi connectivity index (χ0) is 12.3. The van der Waals surface area contributed by atoms with Crippen LogP contribution in [0.4, 0.5) is 0 Å². The van der Waals surface area contributed by atoms with E-state index in [4.69, 9.17) is 9.84 Å². The lowest BCUT2D eigenvalue weighted by atomic mass is 10.1. The molecule has 1 heterocycles. The van der Waals surface area contributed by atoms with E-state index in [2.05, 4.69) is 9.97 Å². The first-order valence-corrected chi connectivity index (χ1v) is 4.95. The van der Waals surface area contributed by atoms with E-state index in [-0.39, 0.29) is 17.3 Å². The number of rotatable bonds is 3. The summed E-state index contributed by atoms with van der Waals surface area (Å²) in [5, 5.41) is 9.01. The van der Waals surface area contributed by atoms with Crippen molar-refractivity contribution in [1.82, 2.24) is 9.97 Å². The van der Waals surface area contributed by atoms with Crippen molar-refractivity contribution in [1.29, 1.82) is 0 Å². The molecule has 0 unspecified atom stereocenters. The van der Waals surface area contributed by atoms with Gasteiger partial charge in [-0.2, -0.15) is 0 Å². The minimum absolute atomic E-state index is 0.0862. The zero-order valence-electron chi connectivity index (χ0n) is 9.12. The van der Waals surface area contributed by atoms with E-state index < -0.39 is 5.97 Å². The second kappa shape index (κ2) is 4.61. The van der Waals surface area contributed by atoms with Crippen LogP contribution in [0.1, 0.15) is 15.9 Å². The average molecular weight is 230 g/mol. The molecule has 1 N–H and O–H groups in total. The Hall–Kier alpha value is -2.43. The molecule has 2 aromatic rings. The first-order chi connectivity index (χ1) is 8.16. The monoisotopic (exact) mass is 230 g/mol. The summed E-state index contributed by atoms with van der Waals surface area (Å²) in [6.07, 6.45) is 3.05. The topological polar surface area (TPSA) is 72.3 Å². The molecule has 0 aliphatic rings. The van der Waals surface area contributed by atoms with E-state index in [1.807, 2.05) is 6.92 Å². The van der Waals surface area contributed by atoms with Gasteiger partial charge in [-0.25, -0.2) is 14.8 Å². The van der Waals surface area contributed by atoms with Gasteiger partial charge in [-0.1, -0.05) is 6.07 Å². The van der Waals surface area contributed by atoms with Gasteiger partial charge >= 0.3 is 12.0 Å². The van der Waals surface area contributed by atoms with Gasteiger partial charge in [0, 0.05) is 12.4 Å². The number of nitrogens with zero attached hydrogens (tertiary/aromatic N) is 2. The molecule has 0 saturated carbocycles. The number of aryl methyl sites for hydroxylation is 1. The number of aromatic nitrogens is 2. The van der Waals surface area contributed by atoms with Gasteiger partial charge in [-0.3, -0.25) is 0 Å². The van der Waals surface area contributed by atoms with Crippen LogP contribution in [0.5, 0.6) is 11.8 Å². The van der Waals surface area contributed by atoms with Crippen molar-refractivity contribution in [3.05, 3.63) is 47.8 Å². The molecule has 5 heteroatoms. The second-order valence-electron chi connectivity index (χ2n) is 3.44. The first kappa shape index (κ1) is 11.1. The van der Waals surface area contributed by atoms with Gasteiger partial charge < -0.3 is 9.84 Å². The van der Waals surface area contributed by atoms with Crippen molar-refractivity contribution in [3.8, 4) is 11.8 Å². The van der Waals surface area contributed by atoms with Crippen LogP contribution in [0.3, 0.4) is 0 Å². The van der Waals surface area contributed by atoms with E-state index in [0.29, 0.717) is 0 Å². The van der Waals surface area contributed by atoms with Gasteiger partial charge in [0.25, 0.3) is 0 Å². The maximum atomic E-state index is 11.0. The summed E-state index contributed by atoms with van der Waals surface area (Å²) in [5.41, 5.74) is 0.990. The van der Waals surface area contributed by atoms with E-state index in [1.165, 1.54) is 18.5 Å². The molecular weight excluding hydrogens is 220 g/mol. The highest BCUT2D eigenvalue weighted by molar-refractivity contribution is 5.91. The Labute approximate surface area is 97.7 Å². The number of hydrogen-bond donors (Lipinski definition) is 1. The third kappa shape index (κ3) is 2.57. The van der Waals surface area contributed by atoms with Gasteiger partial charge in [-0.05, 0) is 30.7 Å². The Morgan fingerprint density at radius 2 is 2.00 bits per heavy atom. The van der Waals surface area contributed by atoms with Crippen LogP contribution >= 0.6 is 0 Å². The van der Waals surface area contributed by atoms with Crippen molar-refractivity contribution in [3.63, 3.8) is 0 Å². The molecule has 0 bridgehead atoms. The Balaban J connectivity index is 2.37. The summed E-state index contributed by atoms with van der Waals surface area (Å²) in [7, 11) is 0. The molecule has 0 fully saturated rings. The SMILES string of the molecule is Cc1ccc(C(=O)O)c(Oc2ncccn2)c1. The van der Waals surface area contributed by atoms with Crippen LogP contribution in [0, 0.1) is 6.92 Å².